The summed E-state index contributed by atoms with van der Waals surface area (Å²) in [6, 6.07) is 4.96. The second kappa shape index (κ2) is 4.53. The Balaban J connectivity index is 3.20. The van der Waals surface area contributed by atoms with Crippen LogP contribution in [0.25, 0.3) is 0 Å². The van der Waals surface area contributed by atoms with Crippen LogP contribution in [0, 0.1) is 22.5 Å². The fourth-order valence-electron chi connectivity index (χ4n) is 1.68. The quantitative estimate of drug-likeness (QED) is 0.644. The highest BCUT2D eigenvalue weighted by molar-refractivity contribution is 5.74. The summed E-state index contributed by atoms with van der Waals surface area (Å²) in [5, 5.41) is 20.0. The summed E-state index contributed by atoms with van der Waals surface area (Å²) in [5.41, 5.74) is 0.0105. The Hall–Kier alpha value is -1.91. The molecule has 0 aromatic heterocycles. The molecule has 0 radical (unpaired) electrons. The zero-order chi connectivity index (χ0) is 13.2. The number of carboxylic acids is 1. The van der Waals surface area contributed by atoms with Crippen molar-refractivity contribution in [3.8, 4) is 0 Å². The number of aliphatic carboxylic acids is 1. The Morgan fingerprint density at radius 2 is 2.06 bits per heavy atom. The number of benzene rings is 1. The summed E-state index contributed by atoms with van der Waals surface area (Å²) >= 11 is 0. The Morgan fingerprint density at radius 3 is 2.53 bits per heavy atom. The third-order valence-electron chi connectivity index (χ3n) is 2.72. The third-order valence-corrected chi connectivity index (χ3v) is 2.72. The smallest absolute Gasteiger partial charge is 0.309 e. The summed E-state index contributed by atoms with van der Waals surface area (Å²) in [4.78, 5) is 21.5. The fraction of sp³-hybridized carbons (Fsp3) is 0.417. The first-order valence-corrected chi connectivity index (χ1v) is 5.22. The van der Waals surface area contributed by atoms with E-state index >= 15 is 0 Å². The minimum Gasteiger partial charge on any atom is -0.481 e. The second-order valence-corrected chi connectivity index (χ2v) is 4.71. The van der Waals surface area contributed by atoms with E-state index in [9.17, 15) is 14.9 Å². The maximum atomic E-state index is 11.0. The molecule has 5 heteroatoms. The first-order chi connectivity index (χ1) is 7.75. The van der Waals surface area contributed by atoms with Gasteiger partial charge in [-0.25, -0.2) is 0 Å². The molecule has 17 heavy (non-hydrogen) atoms. The monoisotopic (exact) mass is 237 g/mol. The van der Waals surface area contributed by atoms with Gasteiger partial charge in [0.1, 0.15) is 0 Å². The van der Waals surface area contributed by atoms with E-state index in [-0.39, 0.29) is 12.1 Å². The van der Waals surface area contributed by atoms with Gasteiger partial charge in [-0.15, -0.1) is 0 Å². The van der Waals surface area contributed by atoms with E-state index in [1.54, 1.807) is 39.0 Å². The lowest BCUT2D eigenvalue weighted by molar-refractivity contribution is -0.386. The van der Waals surface area contributed by atoms with Gasteiger partial charge in [-0.1, -0.05) is 18.2 Å². The zero-order valence-electron chi connectivity index (χ0n) is 10.1. The number of nitrogens with zero attached hydrogens (tertiary/aromatic N) is 1. The maximum Gasteiger partial charge on any atom is 0.309 e. The van der Waals surface area contributed by atoms with Gasteiger partial charge in [-0.2, -0.15) is 0 Å². The van der Waals surface area contributed by atoms with Gasteiger partial charge in [0.2, 0.25) is 0 Å². The number of para-hydroxylation sites is 1. The average molecular weight is 237 g/mol. The molecular formula is C12H15NO4. The molecule has 0 saturated carbocycles. The molecule has 0 heterocycles. The fourth-order valence-corrected chi connectivity index (χ4v) is 1.68. The standard InChI is InChI=1S/C12H15NO4/c1-8-5-4-6-9(10(8)13(16)17)7-12(2,3)11(14)15/h4-6H,7H2,1-3H3,(H,14,15). The van der Waals surface area contributed by atoms with Crippen LogP contribution in [0.5, 0.6) is 0 Å². The van der Waals surface area contributed by atoms with Gasteiger partial charge in [-0.3, -0.25) is 14.9 Å². The molecule has 0 aliphatic rings. The van der Waals surface area contributed by atoms with Crippen molar-refractivity contribution < 1.29 is 14.8 Å². The molecule has 1 rings (SSSR count). The van der Waals surface area contributed by atoms with Gasteiger partial charge < -0.3 is 5.11 Å². The number of aryl methyl sites for hydroxylation is 1. The molecule has 1 aromatic carbocycles. The van der Waals surface area contributed by atoms with Crippen LogP contribution in [0.2, 0.25) is 0 Å². The lowest BCUT2D eigenvalue weighted by Crippen LogP contribution is -2.26. The van der Waals surface area contributed by atoms with Crippen LogP contribution in [0.1, 0.15) is 25.0 Å². The number of hydrogen-bond donors (Lipinski definition) is 1. The van der Waals surface area contributed by atoms with Crippen LogP contribution in [0.4, 0.5) is 5.69 Å². The zero-order valence-corrected chi connectivity index (χ0v) is 10.1. The van der Waals surface area contributed by atoms with Crippen LogP contribution in [0.15, 0.2) is 18.2 Å². The van der Waals surface area contributed by atoms with E-state index in [4.69, 9.17) is 5.11 Å². The summed E-state index contributed by atoms with van der Waals surface area (Å²) in [6.45, 7) is 4.76. The van der Waals surface area contributed by atoms with Crippen molar-refractivity contribution in [1.29, 1.82) is 0 Å². The molecule has 0 amide bonds. The van der Waals surface area contributed by atoms with Crippen molar-refractivity contribution in [3.63, 3.8) is 0 Å². The van der Waals surface area contributed by atoms with Gasteiger partial charge in [0.15, 0.2) is 0 Å². The molecular weight excluding hydrogens is 222 g/mol. The molecule has 0 aliphatic heterocycles. The number of carbonyl (C=O) groups is 1. The van der Waals surface area contributed by atoms with Crippen molar-refractivity contribution >= 4 is 11.7 Å². The summed E-state index contributed by atoms with van der Waals surface area (Å²) in [5.74, 6) is -0.965. The summed E-state index contributed by atoms with van der Waals surface area (Å²) in [6.07, 6.45) is 0.139. The number of nitro groups is 1. The Labute approximate surface area is 99.2 Å². The topological polar surface area (TPSA) is 80.4 Å². The van der Waals surface area contributed by atoms with E-state index in [2.05, 4.69) is 0 Å². The van der Waals surface area contributed by atoms with Crippen LogP contribution in [-0.4, -0.2) is 16.0 Å². The largest absolute Gasteiger partial charge is 0.481 e. The predicted octanol–water partition coefficient (Wildman–Crippen LogP) is 2.56. The molecule has 0 bridgehead atoms. The highest BCUT2D eigenvalue weighted by atomic mass is 16.6. The average Bonchev–Trinajstić information content (AvgIpc) is 2.15. The van der Waals surface area contributed by atoms with Crippen LogP contribution >= 0.6 is 0 Å². The first kappa shape index (κ1) is 13.2. The van der Waals surface area contributed by atoms with Gasteiger partial charge in [0.25, 0.3) is 5.69 Å². The molecule has 5 nitrogen and oxygen atoms in total. The van der Waals surface area contributed by atoms with E-state index in [1.165, 1.54) is 0 Å². The lowest BCUT2D eigenvalue weighted by atomic mass is 9.85. The number of rotatable bonds is 4. The van der Waals surface area contributed by atoms with Crippen LogP contribution in [-0.2, 0) is 11.2 Å². The highest BCUT2D eigenvalue weighted by Crippen LogP contribution is 2.30. The summed E-state index contributed by atoms with van der Waals surface area (Å²) in [7, 11) is 0. The molecule has 92 valence electrons. The van der Waals surface area contributed by atoms with E-state index in [0.29, 0.717) is 11.1 Å². The van der Waals surface area contributed by atoms with Crippen molar-refractivity contribution in [1.82, 2.24) is 0 Å². The van der Waals surface area contributed by atoms with Crippen LogP contribution < -0.4 is 0 Å². The number of carboxylic acid groups (broad SMARTS) is 1. The first-order valence-electron chi connectivity index (χ1n) is 5.22. The lowest BCUT2D eigenvalue weighted by Gasteiger charge is -2.19. The van der Waals surface area contributed by atoms with Crippen molar-refractivity contribution in [2.24, 2.45) is 5.41 Å². The van der Waals surface area contributed by atoms with Crippen LogP contribution in [0.3, 0.4) is 0 Å². The molecule has 1 N–H and O–H groups in total. The minimum absolute atomic E-state index is 0.0156. The number of hydrogen-bond acceptors (Lipinski definition) is 3. The molecule has 0 spiro atoms. The van der Waals surface area contributed by atoms with E-state index in [0.717, 1.165) is 0 Å². The normalized spacial score (nSPS) is 11.2. The SMILES string of the molecule is Cc1cccc(CC(C)(C)C(=O)O)c1[N+](=O)[O-]. The minimum atomic E-state index is -1.02. The van der Waals surface area contributed by atoms with Gasteiger partial charge >= 0.3 is 5.97 Å². The summed E-state index contributed by atoms with van der Waals surface area (Å²) < 4.78 is 0. The second-order valence-electron chi connectivity index (χ2n) is 4.71. The Morgan fingerprint density at radius 1 is 1.47 bits per heavy atom. The molecule has 0 fully saturated rings. The Bertz CT molecular complexity index is 466. The maximum absolute atomic E-state index is 11.0. The van der Waals surface area contributed by atoms with E-state index in [1.807, 2.05) is 0 Å². The molecule has 0 unspecified atom stereocenters. The van der Waals surface area contributed by atoms with Gasteiger partial charge in [0.05, 0.1) is 10.3 Å². The van der Waals surface area contributed by atoms with Crippen molar-refractivity contribution in [3.05, 3.63) is 39.4 Å². The predicted molar refractivity (Wildman–Crippen MR) is 63.0 cm³/mol. The van der Waals surface area contributed by atoms with Crippen molar-refractivity contribution in [2.75, 3.05) is 0 Å². The molecule has 0 atom stereocenters. The van der Waals surface area contributed by atoms with Gasteiger partial charge in [0, 0.05) is 11.1 Å². The highest BCUT2D eigenvalue weighted by Gasteiger charge is 2.30. The third kappa shape index (κ3) is 2.81. The van der Waals surface area contributed by atoms with E-state index < -0.39 is 16.3 Å². The van der Waals surface area contributed by atoms with Crippen molar-refractivity contribution in [2.45, 2.75) is 27.2 Å². The molecule has 1 aromatic rings. The Kier molecular flexibility index (Phi) is 3.50. The molecule has 0 aliphatic carbocycles. The number of nitro benzene ring substituents is 1. The van der Waals surface area contributed by atoms with Gasteiger partial charge in [-0.05, 0) is 27.2 Å². The molecule has 0 saturated heterocycles.